The fraction of sp³-hybridized carbons (Fsp3) is 1.00. The molecule has 3 atom stereocenters. The smallest absolute Gasteiger partial charge is 0.0350 e. The number of fused-ring (bicyclic) bond motifs is 1. The van der Waals surface area contributed by atoms with E-state index in [-0.39, 0.29) is 5.54 Å². The summed E-state index contributed by atoms with van der Waals surface area (Å²) in [6.45, 7) is 4.61. The Balaban J connectivity index is 2.14. The Bertz CT molecular complexity index is 157. The Labute approximate surface area is 62.4 Å². The summed E-state index contributed by atoms with van der Waals surface area (Å²) in [4.78, 5) is 2.36. The summed E-state index contributed by atoms with van der Waals surface area (Å²) in [5, 5.41) is 0. The first kappa shape index (κ1) is 6.62. The summed E-state index contributed by atoms with van der Waals surface area (Å²) in [5.74, 6) is 1.55. The van der Waals surface area contributed by atoms with E-state index in [9.17, 15) is 0 Å². The molecule has 1 aliphatic heterocycles. The quantitative estimate of drug-likeness (QED) is 0.524. The number of likely N-dealkylation sites (tertiary alicyclic amines) is 1. The van der Waals surface area contributed by atoms with Crippen molar-refractivity contribution in [2.45, 2.75) is 18.9 Å². The lowest BCUT2D eigenvalue weighted by Gasteiger charge is -2.47. The molecule has 0 aromatic rings. The minimum absolute atomic E-state index is 0.189. The van der Waals surface area contributed by atoms with Crippen molar-refractivity contribution in [1.29, 1.82) is 0 Å². The first-order valence-electron chi connectivity index (χ1n) is 4.10. The summed E-state index contributed by atoms with van der Waals surface area (Å²) in [7, 11) is 2.17. The van der Waals surface area contributed by atoms with E-state index in [2.05, 4.69) is 18.9 Å². The van der Waals surface area contributed by atoms with Crippen molar-refractivity contribution in [2.75, 3.05) is 20.1 Å². The minimum Gasteiger partial charge on any atom is -0.324 e. The van der Waals surface area contributed by atoms with Gasteiger partial charge in [0.05, 0.1) is 0 Å². The minimum atomic E-state index is 0.189. The largest absolute Gasteiger partial charge is 0.324 e. The van der Waals surface area contributed by atoms with Gasteiger partial charge in [0.2, 0.25) is 0 Å². The van der Waals surface area contributed by atoms with Crippen LogP contribution in [0.15, 0.2) is 0 Å². The third-order valence-corrected chi connectivity index (χ3v) is 3.39. The maximum absolute atomic E-state index is 6.20. The Morgan fingerprint density at radius 3 is 2.70 bits per heavy atom. The van der Waals surface area contributed by atoms with Crippen LogP contribution in [0.3, 0.4) is 0 Å². The van der Waals surface area contributed by atoms with E-state index in [0.29, 0.717) is 0 Å². The van der Waals surface area contributed by atoms with Crippen LogP contribution in [-0.4, -0.2) is 30.6 Å². The third kappa shape index (κ3) is 0.611. The van der Waals surface area contributed by atoms with Crippen LogP contribution >= 0.6 is 0 Å². The van der Waals surface area contributed by atoms with Crippen LogP contribution in [0.5, 0.6) is 0 Å². The summed E-state index contributed by atoms with van der Waals surface area (Å²) in [5.41, 5.74) is 6.39. The molecule has 58 valence electrons. The molecule has 0 bridgehead atoms. The lowest BCUT2D eigenvalue weighted by Crippen LogP contribution is -2.61. The van der Waals surface area contributed by atoms with Crippen LogP contribution in [0.4, 0.5) is 0 Å². The predicted octanol–water partition coefficient (Wildman–Crippen LogP) is 0.285. The summed E-state index contributed by atoms with van der Waals surface area (Å²) < 4.78 is 0. The van der Waals surface area contributed by atoms with Gasteiger partial charge in [0.25, 0.3) is 0 Å². The van der Waals surface area contributed by atoms with Crippen LogP contribution in [0, 0.1) is 11.8 Å². The number of rotatable bonds is 0. The van der Waals surface area contributed by atoms with E-state index in [1.54, 1.807) is 0 Å². The third-order valence-electron chi connectivity index (χ3n) is 3.39. The van der Waals surface area contributed by atoms with Gasteiger partial charge in [-0.25, -0.2) is 0 Å². The average molecular weight is 140 g/mol. The van der Waals surface area contributed by atoms with E-state index in [0.717, 1.165) is 18.4 Å². The van der Waals surface area contributed by atoms with Gasteiger partial charge in [-0.2, -0.15) is 0 Å². The van der Waals surface area contributed by atoms with E-state index in [1.165, 1.54) is 13.0 Å². The van der Waals surface area contributed by atoms with Crippen LogP contribution in [0.1, 0.15) is 13.3 Å². The van der Waals surface area contributed by atoms with Gasteiger partial charge in [0.1, 0.15) is 0 Å². The van der Waals surface area contributed by atoms with Gasteiger partial charge in [0.15, 0.2) is 0 Å². The SMILES string of the molecule is CC1CC2CN(C)CC12N. The summed E-state index contributed by atoms with van der Waals surface area (Å²) in [6, 6.07) is 0. The lowest BCUT2D eigenvalue weighted by molar-refractivity contribution is 0.0953. The number of nitrogens with zero attached hydrogens (tertiary/aromatic N) is 1. The van der Waals surface area contributed by atoms with Gasteiger partial charge in [-0.15, -0.1) is 0 Å². The highest BCUT2D eigenvalue weighted by atomic mass is 15.2. The number of hydrogen-bond donors (Lipinski definition) is 1. The number of nitrogens with two attached hydrogens (primary N) is 1. The molecule has 2 fully saturated rings. The molecular formula is C8H16N2. The molecule has 10 heavy (non-hydrogen) atoms. The molecule has 1 saturated heterocycles. The Morgan fingerprint density at radius 1 is 1.60 bits per heavy atom. The Hall–Kier alpha value is -0.0800. The normalized spacial score (nSPS) is 54.3. The first-order valence-corrected chi connectivity index (χ1v) is 4.10. The van der Waals surface area contributed by atoms with E-state index >= 15 is 0 Å². The molecule has 2 nitrogen and oxygen atoms in total. The fourth-order valence-electron chi connectivity index (χ4n) is 2.55. The van der Waals surface area contributed by atoms with Crippen molar-refractivity contribution in [3.05, 3.63) is 0 Å². The van der Waals surface area contributed by atoms with Crippen molar-refractivity contribution in [2.24, 2.45) is 17.6 Å². The first-order chi connectivity index (χ1) is 4.63. The van der Waals surface area contributed by atoms with E-state index in [1.807, 2.05) is 0 Å². The zero-order valence-corrected chi connectivity index (χ0v) is 6.80. The molecule has 2 aliphatic rings. The van der Waals surface area contributed by atoms with Gasteiger partial charge in [-0.05, 0) is 25.3 Å². The van der Waals surface area contributed by atoms with E-state index in [4.69, 9.17) is 5.73 Å². The highest BCUT2D eigenvalue weighted by molar-refractivity contribution is 5.11. The predicted molar refractivity (Wildman–Crippen MR) is 41.7 cm³/mol. The molecule has 0 amide bonds. The Morgan fingerprint density at radius 2 is 2.30 bits per heavy atom. The molecule has 1 aliphatic carbocycles. The maximum Gasteiger partial charge on any atom is 0.0350 e. The van der Waals surface area contributed by atoms with Crippen LogP contribution < -0.4 is 5.73 Å². The molecule has 0 aromatic carbocycles. The van der Waals surface area contributed by atoms with Gasteiger partial charge in [-0.1, -0.05) is 6.92 Å². The topological polar surface area (TPSA) is 29.3 Å². The fourth-order valence-corrected chi connectivity index (χ4v) is 2.55. The second-order valence-electron chi connectivity index (χ2n) is 4.14. The summed E-state index contributed by atoms with van der Waals surface area (Å²) >= 11 is 0. The highest BCUT2D eigenvalue weighted by Crippen LogP contribution is 2.46. The summed E-state index contributed by atoms with van der Waals surface area (Å²) in [6.07, 6.45) is 1.35. The molecule has 2 rings (SSSR count). The standard InChI is InChI=1S/C8H16N2/c1-6-3-7-4-10(2)5-8(6,7)9/h6-7H,3-5,9H2,1-2H3. The second-order valence-corrected chi connectivity index (χ2v) is 4.14. The van der Waals surface area contributed by atoms with Crippen molar-refractivity contribution < 1.29 is 0 Å². The monoisotopic (exact) mass is 140 g/mol. The van der Waals surface area contributed by atoms with Crippen molar-refractivity contribution in [1.82, 2.24) is 4.90 Å². The lowest BCUT2D eigenvalue weighted by atomic mass is 9.62. The number of hydrogen-bond acceptors (Lipinski definition) is 2. The molecule has 1 saturated carbocycles. The Kier molecular flexibility index (Phi) is 1.15. The molecule has 1 heterocycles. The molecular weight excluding hydrogens is 124 g/mol. The zero-order valence-electron chi connectivity index (χ0n) is 6.80. The van der Waals surface area contributed by atoms with Crippen molar-refractivity contribution >= 4 is 0 Å². The van der Waals surface area contributed by atoms with Gasteiger partial charge >= 0.3 is 0 Å². The van der Waals surface area contributed by atoms with Crippen molar-refractivity contribution in [3.63, 3.8) is 0 Å². The molecule has 0 radical (unpaired) electrons. The molecule has 2 heteroatoms. The van der Waals surface area contributed by atoms with Gasteiger partial charge in [-0.3, -0.25) is 0 Å². The van der Waals surface area contributed by atoms with Crippen LogP contribution in [0.2, 0.25) is 0 Å². The average Bonchev–Trinajstić information content (AvgIpc) is 2.07. The van der Waals surface area contributed by atoms with Crippen LogP contribution in [-0.2, 0) is 0 Å². The molecule has 0 aromatic heterocycles. The second kappa shape index (κ2) is 1.74. The van der Waals surface area contributed by atoms with Crippen molar-refractivity contribution in [3.8, 4) is 0 Å². The molecule has 0 spiro atoms. The molecule has 2 N–H and O–H groups in total. The van der Waals surface area contributed by atoms with Gasteiger partial charge in [0, 0.05) is 18.6 Å². The zero-order chi connectivity index (χ0) is 7.35. The highest BCUT2D eigenvalue weighted by Gasteiger charge is 2.54. The molecule has 3 unspecified atom stereocenters. The van der Waals surface area contributed by atoms with Crippen LogP contribution in [0.25, 0.3) is 0 Å². The van der Waals surface area contributed by atoms with Gasteiger partial charge < -0.3 is 10.6 Å². The maximum atomic E-state index is 6.20. The number of likely N-dealkylation sites (N-methyl/N-ethyl adjacent to an activating group) is 1. The van der Waals surface area contributed by atoms with E-state index < -0.39 is 0 Å².